The highest BCUT2D eigenvalue weighted by molar-refractivity contribution is 6.07. The predicted molar refractivity (Wildman–Crippen MR) is 303 cm³/mol. The summed E-state index contributed by atoms with van der Waals surface area (Å²) >= 11 is 0. The highest BCUT2D eigenvalue weighted by Gasteiger charge is 2.63. The largest absolute Gasteiger partial charge is 0.459 e. The van der Waals surface area contributed by atoms with E-state index in [1.165, 1.54) is 0 Å². The van der Waals surface area contributed by atoms with Gasteiger partial charge in [0.2, 0.25) is 0 Å². The van der Waals surface area contributed by atoms with Crippen LogP contribution in [-0.2, 0) is 10.8 Å². The summed E-state index contributed by atoms with van der Waals surface area (Å²) < 4.78 is 29.1. The Kier molecular flexibility index (Phi) is 8.32. The van der Waals surface area contributed by atoms with Crippen molar-refractivity contribution in [3.8, 4) is 22.6 Å². The molecule has 0 amide bonds. The van der Waals surface area contributed by atoms with Crippen LogP contribution < -0.4 is 9.80 Å². The van der Waals surface area contributed by atoms with Gasteiger partial charge in [-0.05, 0) is 119 Å². The summed E-state index contributed by atoms with van der Waals surface area (Å²) in [5.41, 5.74) is 15.6. The van der Waals surface area contributed by atoms with Gasteiger partial charge >= 0.3 is 0 Å². The molecule has 0 saturated carbocycles. The quantitative estimate of drug-likeness (QED) is 0.175. The van der Waals surface area contributed by atoms with Gasteiger partial charge in [-0.2, -0.15) is 0 Å². The third-order valence-electron chi connectivity index (χ3n) is 16.5. The molecule has 3 aliphatic rings. The van der Waals surface area contributed by atoms with Crippen molar-refractivity contribution in [3.05, 3.63) is 300 Å². The summed E-state index contributed by atoms with van der Waals surface area (Å²) in [4.78, 5) is 4.80. The summed E-state index contributed by atoms with van der Waals surface area (Å²) in [7, 11) is 0. The van der Waals surface area contributed by atoms with Gasteiger partial charge in [-0.25, -0.2) is 0 Å². The fourth-order valence-electron chi connectivity index (χ4n) is 13.5. The minimum absolute atomic E-state index is 0.729. The average molecular weight is 975 g/mol. The van der Waals surface area contributed by atoms with Crippen LogP contribution in [0.15, 0.2) is 272 Å². The van der Waals surface area contributed by atoms with Crippen molar-refractivity contribution >= 4 is 78.0 Å². The summed E-state index contributed by atoms with van der Waals surface area (Å²) in [5.74, 6) is 3.11. The fraction of sp³-hybridized carbons (Fsp3) is 0.0286. The molecule has 76 heavy (non-hydrogen) atoms. The Morgan fingerprint density at radius 1 is 0.250 bits per heavy atom. The van der Waals surface area contributed by atoms with Crippen molar-refractivity contribution in [3.63, 3.8) is 0 Å². The van der Waals surface area contributed by atoms with Crippen LogP contribution >= 0.6 is 0 Å². The van der Waals surface area contributed by atoms with Gasteiger partial charge in [0.1, 0.15) is 56.2 Å². The molecule has 2 spiro atoms. The minimum Gasteiger partial charge on any atom is -0.459 e. The zero-order valence-electron chi connectivity index (χ0n) is 40.8. The normalized spacial score (nSPS) is 14.5. The van der Waals surface area contributed by atoms with Crippen molar-refractivity contribution in [1.82, 2.24) is 0 Å². The molecule has 10 aromatic carbocycles. The van der Waals surface area contributed by atoms with Crippen molar-refractivity contribution in [1.29, 1.82) is 0 Å². The number of fused-ring (bicyclic) bond motifs is 20. The standard InChI is InChI=1S/C70H42N2O4/c1-3-19-45(20-4-1)71-57-29-13-9-25-51(57)69(52-26-10-14-30-58(52)71)55-41-63(43-35-37-49-47-23-7-17-33-61(47)73-65(49)39-43)76-68(55)70(53-27-11-15-31-59(53)72(46-21-5-2-6-22-46)60-32-16-12-28-54(60)70)56-42-64(75-67(56)69)44-36-38-50-48-24-8-18-34-62(48)74-66(50)40-44/h1-42H. The second-order valence-electron chi connectivity index (χ2n) is 20.2. The van der Waals surface area contributed by atoms with E-state index in [-0.39, 0.29) is 0 Å². The molecule has 6 heteroatoms. The number of nitrogens with zero attached hydrogens (tertiary/aromatic N) is 2. The first-order chi connectivity index (χ1) is 37.7. The molecule has 6 heterocycles. The van der Waals surface area contributed by atoms with E-state index in [0.717, 1.165) is 146 Å². The van der Waals surface area contributed by atoms with Gasteiger partial charge < -0.3 is 27.5 Å². The molecular weight excluding hydrogens is 933 g/mol. The Labute approximate surface area is 436 Å². The third-order valence-corrected chi connectivity index (χ3v) is 16.5. The first-order valence-electron chi connectivity index (χ1n) is 25.9. The van der Waals surface area contributed by atoms with Gasteiger partial charge in [0.15, 0.2) is 0 Å². The second kappa shape index (κ2) is 15.3. The third kappa shape index (κ3) is 5.34. The fourth-order valence-corrected chi connectivity index (χ4v) is 13.5. The van der Waals surface area contributed by atoms with Crippen LogP contribution in [0.4, 0.5) is 34.1 Å². The maximum atomic E-state index is 7.96. The van der Waals surface area contributed by atoms with Gasteiger partial charge in [0.25, 0.3) is 0 Å². The van der Waals surface area contributed by atoms with E-state index < -0.39 is 10.8 Å². The molecule has 356 valence electrons. The molecule has 0 radical (unpaired) electrons. The van der Waals surface area contributed by atoms with Crippen molar-refractivity contribution < 1.29 is 17.7 Å². The molecule has 4 aromatic heterocycles. The number of para-hydroxylation sites is 8. The first kappa shape index (κ1) is 41.4. The lowest BCUT2D eigenvalue weighted by Gasteiger charge is -2.52. The molecule has 2 aliphatic heterocycles. The highest BCUT2D eigenvalue weighted by atomic mass is 16.4. The molecular formula is C70H42N2O4. The van der Waals surface area contributed by atoms with Gasteiger partial charge in [0, 0.05) is 55.2 Å². The Bertz CT molecular complexity index is 4250. The second-order valence-corrected chi connectivity index (χ2v) is 20.2. The van der Waals surface area contributed by atoms with Crippen LogP contribution in [0.1, 0.15) is 44.9 Å². The lowest BCUT2D eigenvalue weighted by Crippen LogP contribution is -2.48. The molecule has 1 aliphatic carbocycles. The summed E-state index contributed by atoms with van der Waals surface area (Å²) in [6, 6.07) is 90.9. The molecule has 0 fully saturated rings. The summed E-state index contributed by atoms with van der Waals surface area (Å²) in [5, 5.41) is 4.28. The lowest BCUT2D eigenvalue weighted by atomic mass is 9.53. The number of anilines is 6. The molecule has 0 atom stereocenters. The zero-order valence-corrected chi connectivity index (χ0v) is 40.8. The maximum Gasteiger partial charge on any atom is 0.136 e. The van der Waals surface area contributed by atoms with E-state index in [1.54, 1.807) is 0 Å². The molecule has 0 saturated heterocycles. The van der Waals surface area contributed by atoms with Crippen molar-refractivity contribution in [2.24, 2.45) is 0 Å². The van der Waals surface area contributed by atoms with Crippen LogP contribution in [0.5, 0.6) is 0 Å². The Morgan fingerprint density at radius 3 is 0.974 bits per heavy atom. The van der Waals surface area contributed by atoms with Gasteiger partial charge in [-0.1, -0.05) is 158 Å². The van der Waals surface area contributed by atoms with Crippen molar-refractivity contribution in [2.75, 3.05) is 9.80 Å². The van der Waals surface area contributed by atoms with Gasteiger partial charge in [-0.15, -0.1) is 0 Å². The summed E-state index contributed by atoms with van der Waals surface area (Å²) in [6.07, 6.45) is 0. The Balaban J connectivity index is 1.04. The molecule has 0 N–H and O–H groups in total. The lowest BCUT2D eigenvalue weighted by molar-refractivity contribution is 0.400. The van der Waals surface area contributed by atoms with E-state index in [9.17, 15) is 0 Å². The highest BCUT2D eigenvalue weighted by Crippen LogP contribution is 2.69. The number of hydrogen-bond donors (Lipinski definition) is 0. The van der Waals surface area contributed by atoms with E-state index in [4.69, 9.17) is 17.7 Å². The zero-order chi connectivity index (χ0) is 49.7. The monoisotopic (exact) mass is 974 g/mol. The number of benzene rings is 10. The van der Waals surface area contributed by atoms with E-state index in [1.807, 2.05) is 24.3 Å². The minimum atomic E-state index is -1.05. The molecule has 6 nitrogen and oxygen atoms in total. The molecule has 14 aromatic rings. The number of rotatable bonds is 4. The summed E-state index contributed by atoms with van der Waals surface area (Å²) in [6.45, 7) is 0. The average Bonchev–Trinajstić information content (AvgIpc) is 4.45. The smallest absolute Gasteiger partial charge is 0.136 e. The number of hydrogen-bond acceptors (Lipinski definition) is 6. The molecule has 17 rings (SSSR count). The SMILES string of the molecule is c1ccc(N2c3ccccc3C3(c4ccccc42)c2cc(-c4ccc5c(c4)oc4ccccc45)oc2C2(c4ccccc4N(c4ccccc4)c4ccccc42)c2cc(-c4ccc5c(c4)oc4ccccc45)oc23)cc1. The first-order valence-corrected chi connectivity index (χ1v) is 25.9. The predicted octanol–water partition coefficient (Wildman–Crippen LogP) is 18.7. The molecule has 0 unspecified atom stereocenters. The molecule has 0 bridgehead atoms. The van der Waals surface area contributed by atoms with Gasteiger partial charge in [0.05, 0.1) is 22.7 Å². The van der Waals surface area contributed by atoms with E-state index >= 15 is 0 Å². The topological polar surface area (TPSA) is 59.0 Å². The van der Waals surface area contributed by atoms with E-state index in [2.05, 4.69) is 240 Å². The van der Waals surface area contributed by atoms with Crippen LogP contribution in [-0.4, -0.2) is 0 Å². The number of furan rings is 4. The van der Waals surface area contributed by atoms with Crippen molar-refractivity contribution in [2.45, 2.75) is 10.8 Å². The van der Waals surface area contributed by atoms with E-state index in [0.29, 0.717) is 0 Å². The van der Waals surface area contributed by atoms with Crippen LogP contribution in [0, 0.1) is 0 Å². The van der Waals surface area contributed by atoms with Crippen LogP contribution in [0.25, 0.3) is 66.5 Å². The van der Waals surface area contributed by atoms with Crippen LogP contribution in [0.2, 0.25) is 0 Å². The Morgan fingerprint density at radius 2 is 0.579 bits per heavy atom. The van der Waals surface area contributed by atoms with Gasteiger partial charge in [-0.3, -0.25) is 0 Å². The van der Waals surface area contributed by atoms with Crippen LogP contribution in [0.3, 0.4) is 0 Å². The Hall–Kier alpha value is -10.0. The maximum absolute atomic E-state index is 7.96.